The fourth-order valence-corrected chi connectivity index (χ4v) is 9.23. The van der Waals surface area contributed by atoms with Gasteiger partial charge in [0.1, 0.15) is 23.5 Å². The zero-order chi connectivity index (χ0) is 25.1. The number of rotatable bonds is 3. The molecule has 7 rings (SSSR count). The van der Waals surface area contributed by atoms with Gasteiger partial charge in [-0.1, -0.05) is 29.5 Å². The van der Waals surface area contributed by atoms with E-state index in [2.05, 4.69) is 4.90 Å². The van der Waals surface area contributed by atoms with Crippen LogP contribution < -0.4 is 9.64 Å². The van der Waals surface area contributed by atoms with Crippen LogP contribution in [0.5, 0.6) is 5.75 Å². The van der Waals surface area contributed by atoms with Crippen molar-refractivity contribution in [1.29, 1.82) is 0 Å². The molecule has 2 N–H and O–H groups in total. The largest absolute Gasteiger partial charge is 0.494 e. The maximum atomic E-state index is 13.8. The Bertz CT molecular complexity index is 1620. The number of hydrogen-bond donors (Lipinski definition) is 2. The first kappa shape index (κ1) is 22.4. The molecule has 1 aliphatic carbocycles. The van der Waals surface area contributed by atoms with Crippen molar-refractivity contribution in [3.63, 3.8) is 0 Å². The third kappa shape index (κ3) is 2.62. The van der Waals surface area contributed by atoms with Crippen LogP contribution in [-0.2, 0) is 26.0 Å². The molecule has 1 fully saturated rings. The van der Waals surface area contributed by atoms with Gasteiger partial charge in [0, 0.05) is 23.7 Å². The molecule has 2 aromatic carbocycles. The molecule has 36 heavy (non-hydrogen) atoms. The van der Waals surface area contributed by atoms with Gasteiger partial charge in [0.15, 0.2) is 0 Å². The molecule has 0 radical (unpaired) electrons. The minimum atomic E-state index is -3.92. The Morgan fingerprint density at radius 1 is 1.19 bits per heavy atom. The Kier molecular flexibility index (Phi) is 4.46. The molecule has 1 aromatic heterocycles. The summed E-state index contributed by atoms with van der Waals surface area (Å²) in [7, 11) is -2.41. The fourth-order valence-electron chi connectivity index (χ4n) is 6.49. The molecule has 2 unspecified atom stereocenters. The van der Waals surface area contributed by atoms with E-state index in [4.69, 9.17) is 4.74 Å². The predicted molar refractivity (Wildman–Crippen MR) is 136 cm³/mol. The number of benzene rings is 2. The molecule has 3 aromatic rings. The number of fused-ring (bicyclic) bond motifs is 2. The van der Waals surface area contributed by atoms with Crippen molar-refractivity contribution in [3.05, 3.63) is 64.9 Å². The third-order valence-corrected chi connectivity index (χ3v) is 11.1. The maximum absolute atomic E-state index is 13.8. The molecule has 0 amide bonds. The molecule has 3 aliphatic heterocycles. The SMILES string of the molecule is COc1cc2c3c4c(cn(S(=O)(=O)c5ccc(C)cc5)c14)CCN3[C@@H]1C[C@]23SC(=O)C=C3C(O)C1O. The van der Waals surface area contributed by atoms with Crippen LogP contribution in [-0.4, -0.2) is 59.6 Å². The molecule has 4 heterocycles. The van der Waals surface area contributed by atoms with Gasteiger partial charge in [-0.25, -0.2) is 12.4 Å². The zero-order valence-corrected chi connectivity index (χ0v) is 21.3. The minimum absolute atomic E-state index is 0.160. The Morgan fingerprint density at radius 3 is 2.67 bits per heavy atom. The van der Waals surface area contributed by atoms with Gasteiger partial charge in [0.2, 0.25) is 5.12 Å². The summed E-state index contributed by atoms with van der Waals surface area (Å²) in [6, 6.07) is 8.17. The number of ether oxygens (including phenoxy) is 1. The summed E-state index contributed by atoms with van der Waals surface area (Å²) in [6.45, 7) is 2.47. The summed E-state index contributed by atoms with van der Waals surface area (Å²) in [6.07, 6.45) is 1.98. The normalized spacial score (nSPS) is 28.3. The summed E-state index contributed by atoms with van der Waals surface area (Å²) in [5, 5.41) is 22.7. The predicted octanol–water partition coefficient (Wildman–Crippen LogP) is 2.46. The lowest BCUT2D eigenvalue weighted by Crippen LogP contribution is -2.61. The van der Waals surface area contributed by atoms with E-state index in [-0.39, 0.29) is 10.0 Å². The van der Waals surface area contributed by atoms with E-state index >= 15 is 0 Å². The molecule has 0 saturated heterocycles. The number of carbonyl (C=O) groups is 1. The Labute approximate surface area is 212 Å². The number of aromatic nitrogens is 1. The number of anilines is 1. The van der Waals surface area contributed by atoms with E-state index in [9.17, 15) is 23.4 Å². The van der Waals surface area contributed by atoms with Crippen LogP contribution in [0.15, 0.2) is 53.1 Å². The number of nitrogens with zero attached hydrogens (tertiary/aromatic N) is 2. The van der Waals surface area contributed by atoms with Gasteiger partial charge in [0.25, 0.3) is 10.0 Å². The average molecular weight is 525 g/mol. The van der Waals surface area contributed by atoms with Crippen LogP contribution in [0.1, 0.15) is 23.1 Å². The number of aryl methyl sites for hydroxylation is 1. The van der Waals surface area contributed by atoms with E-state index in [0.29, 0.717) is 36.2 Å². The third-order valence-electron chi connectivity index (χ3n) is 8.14. The molecule has 8 nitrogen and oxygen atoms in total. The number of methoxy groups -OCH3 is 1. The number of carbonyl (C=O) groups excluding carboxylic acids is 1. The lowest BCUT2D eigenvalue weighted by atomic mass is 9.68. The lowest BCUT2D eigenvalue weighted by molar-refractivity contribution is -0.106. The molecule has 1 spiro atoms. The van der Waals surface area contributed by atoms with Crippen LogP contribution in [0.3, 0.4) is 0 Å². The molecule has 10 heteroatoms. The topological polar surface area (TPSA) is 109 Å². The maximum Gasteiger partial charge on any atom is 0.268 e. The van der Waals surface area contributed by atoms with Gasteiger partial charge in [-0.05, 0) is 55.2 Å². The fraction of sp³-hybridized carbons (Fsp3) is 0.346. The van der Waals surface area contributed by atoms with E-state index in [1.807, 2.05) is 13.0 Å². The van der Waals surface area contributed by atoms with Gasteiger partial charge < -0.3 is 19.8 Å². The molecule has 4 aliphatic rings. The van der Waals surface area contributed by atoms with Crippen molar-refractivity contribution in [2.75, 3.05) is 18.6 Å². The first-order valence-corrected chi connectivity index (χ1v) is 14.1. The Morgan fingerprint density at radius 2 is 1.94 bits per heavy atom. The average Bonchev–Trinajstić information content (AvgIpc) is 3.42. The van der Waals surface area contributed by atoms with E-state index in [1.165, 1.54) is 17.2 Å². The number of aliphatic hydroxyl groups excluding tert-OH is 2. The highest BCUT2D eigenvalue weighted by molar-refractivity contribution is 8.15. The highest BCUT2D eigenvalue weighted by Gasteiger charge is 2.60. The molecular formula is C26H24N2O6S2. The second-order valence-corrected chi connectivity index (χ2v) is 13.1. The minimum Gasteiger partial charge on any atom is -0.494 e. The van der Waals surface area contributed by atoms with Gasteiger partial charge in [-0.15, -0.1) is 0 Å². The zero-order valence-electron chi connectivity index (χ0n) is 19.6. The van der Waals surface area contributed by atoms with E-state index in [0.717, 1.165) is 39.5 Å². The van der Waals surface area contributed by atoms with Crippen LogP contribution in [0.2, 0.25) is 0 Å². The first-order valence-electron chi connectivity index (χ1n) is 11.8. The highest BCUT2D eigenvalue weighted by atomic mass is 32.2. The van der Waals surface area contributed by atoms with Gasteiger partial charge in [-0.3, -0.25) is 4.79 Å². The summed E-state index contributed by atoms with van der Waals surface area (Å²) >= 11 is 1.16. The molecular weight excluding hydrogens is 500 g/mol. The lowest BCUT2D eigenvalue weighted by Gasteiger charge is -2.55. The second-order valence-electron chi connectivity index (χ2n) is 9.96. The highest BCUT2D eigenvalue weighted by Crippen LogP contribution is 2.64. The quantitative estimate of drug-likeness (QED) is 0.538. The van der Waals surface area contributed by atoms with Crippen molar-refractivity contribution >= 4 is 43.5 Å². The molecule has 2 bridgehead atoms. The number of aliphatic hydroxyl groups is 2. The van der Waals surface area contributed by atoms with E-state index < -0.39 is 33.0 Å². The van der Waals surface area contributed by atoms with Crippen LogP contribution >= 0.6 is 11.8 Å². The monoisotopic (exact) mass is 524 g/mol. The summed E-state index contributed by atoms with van der Waals surface area (Å²) in [4.78, 5) is 14.9. The standard InChI is InChI=1S/C26H24N2O6S2/c1-13-3-5-15(6-4-13)36(32,33)28-12-14-7-8-27-18-11-26(17(10-20(29)35-26)24(30)25(18)31)16-9-19(34-2)23(28)21(14)22(16)27/h3-6,9-10,12,18,24-25,30-31H,7-8,11H2,1-2H3/t18-,24?,25?,26+/m1/s1. The molecule has 1 saturated carbocycles. The second kappa shape index (κ2) is 7.16. The molecule has 186 valence electrons. The van der Waals surface area contributed by atoms with Crippen molar-refractivity contribution in [2.45, 2.75) is 47.7 Å². The van der Waals surface area contributed by atoms with Crippen molar-refractivity contribution in [2.24, 2.45) is 0 Å². The number of hydrogen-bond acceptors (Lipinski definition) is 8. The van der Waals surface area contributed by atoms with Gasteiger partial charge >= 0.3 is 0 Å². The van der Waals surface area contributed by atoms with Crippen molar-refractivity contribution < 1.29 is 28.2 Å². The van der Waals surface area contributed by atoms with Gasteiger partial charge in [0.05, 0.1) is 28.5 Å². The Balaban J connectivity index is 1.56. The van der Waals surface area contributed by atoms with Crippen LogP contribution in [0, 0.1) is 6.92 Å². The van der Waals surface area contributed by atoms with Crippen LogP contribution in [0.4, 0.5) is 5.69 Å². The van der Waals surface area contributed by atoms with Crippen LogP contribution in [0.25, 0.3) is 10.9 Å². The summed E-state index contributed by atoms with van der Waals surface area (Å²) < 4.78 is 33.9. The summed E-state index contributed by atoms with van der Waals surface area (Å²) in [5.74, 6) is 0.389. The van der Waals surface area contributed by atoms with Crippen molar-refractivity contribution in [3.8, 4) is 5.75 Å². The van der Waals surface area contributed by atoms with Crippen molar-refractivity contribution in [1.82, 2.24) is 3.97 Å². The van der Waals surface area contributed by atoms with Gasteiger partial charge in [-0.2, -0.15) is 0 Å². The Hall–Kier alpha value is -2.79. The summed E-state index contributed by atoms with van der Waals surface area (Å²) in [5.41, 5.74) is 4.44. The smallest absolute Gasteiger partial charge is 0.268 e. The van der Waals surface area contributed by atoms with E-state index in [1.54, 1.807) is 30.5 Å². The first-order chi connectivity index (χ1) is 17.2. The molecule has 4 atom stereocenters. The number of thioether (sulfide) groups is 1.